The van der Waals surface area contributed by atoms with Gasteiger partial charge in [0.15, 0.2) is 0 Å². The van der Waals surface area contributed by atoms with E-state index in [-0.39, 0.29) is 24.8 Å². The highest BCUT2D eigenvalue weighted by atomic mass is 79.9. The number of benzene rings is 1. The second-order valence-electron chi connectivity index (χ2n) is 4.02. The van der Waals surface area contributed by atoms with Crippen molar-refractivity contribution in [1.82, 2.24) is 10.6 Å². The zero-order valence-electron chi connectivity index (χ0n) is 9.62. The SMILES string of the molecule is Brc1ccccc1CN[C@@H]1CCCNC1.Cl.Cl. The van der Waals surface area contributed by atoms with Gasteiger partial charge in [-0.15, -0.1) is 24.8 Å². The highest BCUT2D eigenvalue weighted by Crippen LogP contribution is 2.15. The summed E-state index contributed by atoms with van der Waals surface area (Å²) in [5.74, 6) is 0. The molecule has 0 unspecified atom stereocenters. The van der Waals surface area contributed by atoms with Gasteiger partial charge >= 0.3 is 0 Å². The average Bonchev–Trinajstić information content (AvgIpc) is 2.29. The first-order valence-electron chi connectivity index (χ1n) is 5.54. The molecule has 5 heteroatoms. The van der Waals surface area contributed by atoms with E-state index in [0.717, 1.165) is 13.1 Å². The molecule has 0 spiro atoms. The number of rotatable bonds is 3. The molecule has 2 N–H and O–H groups in total. The Hall–Kier alpha value is 0.200. The summed E-state index contributed by atoms with van der Waals surface area (Å²) in [5.41, 5.74) is 1.34. The van der Waals surface area contributed by atoms with Crippen molar-refractivity contribution >= 4 is 40.7 Å². The Morgan fingerprint density at radius 1 is 1.29 bits per heavy atom. The van der Waals surface area contributed by atoms with E-state index in [9.17, 15) is 0 Å². The van der Waals surface area contributed by atoms with Crippen molar-refractivity contribution in [1.29, 1.82) is 0 Å². The van der Waals surface area contributed by atoms with Crippen LogP contribution in [0.1, 0.15) is 18.4 Å². The van der Waals surface area contributed by atoms with E-state index in [0.29, 0.717) is 6.04 Å². The van der Waals surface area contributed by atoms with Crippen LogP contribution in [0.3, 0.4) is 0 Å². The minimum absolute atomic E-state index is 0. The van der Waals surface area contributed by atoms with Crippen molar-refractivity contribution in [2.45, 2.75) is 25.4 Å². The average molecular weight is 342 g/mol. The highest BCUT2D eigenvalue weighted by molar-refractivity contribution is 9.10. The first-order valence-corrected chi connectivity index (χ1v) is 6.33. The van der Waals surface area contributed by atoms with Crippen molar-refractivity contribution < 1.29 is 0 Å². The molecule has 1 aliphatic heterocycles. The van der Waals surface area contributed by atoms with Crippen molar-refractivity contribution in [3.8, 4) is 0 Å². The monoisotopic (exact) mass is 340 g/mol. The van der Waals surface area contributed by atoms with Gasteiger partial charge in [0.2, 0.25) is 0 Å². The standard InChI is InChI=1S/C12H17BrN2.2ClH/c13-12-6-2-1-4-10(12)8-15-11-5-3-7-14-9-11;;/h1-2,4,6,11,14-15H,3,5,7-9H2;2*1H/t11-;;/m1../s1. The fraction of sp³-hybridized carbons (Fsp3) is 0.500. The van der Waals surface area contributed by atoms with Crippen LogP contribution in [0.2, 0.25) is 0 Å². The third kappa shape index (κ3) is 5.58. The number of halogens is 3. The molecule has 0 radical (unpaired) electrons. The molecule has 1 aromatic carbocycles. The number of hydrogen-bond acceptors (Lipinski definition) is 2. The van der Waals surface area contributed by atoms with Crippen LogP contribution in [0.15, 0.2) is 28.7 Å². The van der Waals surface area contributed by atoms with Crippen LogP contribution >= 0.6 is 40.7 Å². The van der Waals surface area contributed by atoms with E-state index in [1.165, 1.54) is 29.4 Å². The topological polar surface area (TPSA) is 24.1 Å². The molecule has 2 nitrogen and oxygen atoms in total. The summed E-state index contributed by atoms with van der Waals surface area (Å²) in [6, 6.07) is 9.02. The zero-order chi connectivity index (χ0) is 10.5. The van der Waals surface area contributed by atoms with Crippen molar-refractivity contribution in [2.24, 2.45) is 0 Å². The molecule has 1 aliphatic rings. The summed E-state index contributed by atoms with van der Waals surface area (Å²) in [7, 11) is 0. The largest absolute Gasteiger partial charge is 0.315 e. The molecule has 1 fully saturated rings. The molecule has 1 heterocycles. The number of nitrogens with one attached hydrogen (secondary N) is 2. The molecule has 0 amide bonds. The maximum atomic E-state index is 3.59. The first kappa shape index (κ1) is 17.2. The van der Waals surface area contributed by atoms with Gasteiger partial charge in [-0.25, -0.2) is 0 Å². The lowest BCUT2D eigenvalue weighted by Crippen LogP contribution is -2.42. The lowest BCUT2D eigenvalue weighted by molar-refractivity contribution is 0.389. The first-order chi connectivity index (χ1) is 7.36. The molecule has 1 aromatic rings. The zero-order valence-corrected chi connectivity index (χ0v) is 12.8. The van der Waals surface area contributed by atoms with Crippen molar-refractivity contribution in [3.05, 3.63) is 34.3 Å². The second kappa shape index (κ2) is 9.17. The molecular formula is C12H19BrCl2N2. The van der Waals surface area contributed by atoms with E-state index in [4.69, 9.17) is 0 Å². The summed E-state index contributed by atoms with van der Waals surface area (Å²) in [5, 5.41) is 7.00. The van der Waals surface area contributed by atoms with Gasteiger partial charge in [-0.05, 0) is 31.0 Å². The van der Waals surface area contributed by atoms with Crippen molar-refractivity contribution in [2.75, 3.05) is 13.1 Å². The van der Waals surface area contributed by atoms with E-state index in [1.807, 2.05) is 0 Å². The third-order valence-electron chi connectivity index (χ3n) is 2.84. The molecule has 0 aromatic heterocycles. The molecule has 0 bridgehead atoms. The Morgan fingerprint density at radius 2 is 2.06 bits per heavy atom. The Balaban J connectivity index is 0.00000128. The smallest absolute Gasteiger partial charge is 0.0220 e. The number of piperidine rings is 1. The Bertz CT molecular complexity index is 317. The molecule has 1 atom stereocenters. The predicted octanol–water partition coefficient (Wildman–Crippen LogP) is 3.13. The van der Waals surface area contributed by atoms with E-state index in [2.05, 4.69) is 50.8 Å². The second-order valence-corrected chi connectivity index (χ2v) is 4.87. The minimum Gasteiger partial charge on any atom is -0.315 e. The van der Waals surface area contributed by atoms with Gasteiger partial charge in [0.25, 0.3) is 0 Å². The third-order valence-corrected chi connectivity index (χ3v) is 3.61. The molecular weight excluding hydrogens is 323 g/mol. The van der Waals surface area contributed by atoms with Crippen LogP contribution in [0.5, 0.6) is 0 Å². The molecule has 98 valence electrons. The molecule has 1 saturated heterocycles. The maximum Gasteiger partial charge on any atom is 0.0220 e. The summed E-state index contributed by atoms with van der Waals surface area (Å²) in [6.45, 7) is 3.23. The lowest BCUT2D eigenvalue weighted by Gasteiger charge is -2.24. The predicted molar refractivity (Wildman–Crippen MR) is 81.4 cm³/mol. The summed E-state index contributed by atoms with van der Waals surface area (Å²) < 4.78 is 1.20. The summed E-state index contributed by atoms with van der Waals surface area (Å²) in [6.07, 6.45) is 2.57. The van der Waals surface area contributed by atoms with Crippen LogP contribution in [-0.2, 0) is 6.54 Å². The quantitative estimate of drug-likeness (QED) is 0.882. The van der Waals surface area contributed by atoms with Crippen LogP contribution < -0.4 is 10.6 Å². The minimum atomic E-state index is 0. The van der Waals surface area contributed by atoms with Gasteiger partial charge < -0.3 is 10.6 Å². The van der Waals surface area contributed by atoms with Gasteiger partial charge in [-0.2, -0.15) is 0 Å². The maximum absolute atomic E-state index is 3.59. The van der Waals surface area contributed by atoms with Crippen LogP contribution in [0.25, 0.3) is 0 Å². The van der Waals surface area contributed by atoms with Gasteiger partial charge in [0.05, 0.1) is 0 Å². The molecule has 0 aliphatic carbocycles. The van der Waals surface area contributed by atoms with E-state index >= 15 is 0 Å². The van der Waals surface area contributed by atoms with E-state index in [1.54, 1.807) is 0 Å². The summed E-state index contributed by atoms with van der Waals surface area (Å²) >= 11 is 3.57. The van der Waals surface area contributed by atoms with Gasteiger partial charge in [0.1, 0.15) is 0 Å². The Labute approximate surface area is 124 Å². The normalized spacial score (nSPS) is 19.0. The fourth-order valence-electron chi connectivity index (χ4n) is 1.92. The molecule has 2 rings (SSSR count). The van der Waals surface area contributed by atoms with E-state index < -0.39 is 0 Å². The highest BCUT2D eigenvalue weighted by Gasteiger charge is 2.11. The fourth-order valence-corrected chi connectivity index (χ4v) is 2.35. The van der Waals surface area contributed by atoms with Crippen LogP contribution in [0.4, 0.5) is 0 Å². The van der Waals surface area contributed by atoms with Crippen molar-refractivity contribution in [3.63, 3.8) is 0 Å². The van der Waals surface area contributed by atoms with Gasteiger partial charge in [0, 0.05) is 23.6 Å². The lowest BCUT2D eigenvalue weighted by atomic mass is 10.1. The molecule has 0 saturated carbocycles. The van der Waals surface area contributed by atoms with Crippen LogP contribution in [0, 0.1) is 0 Å². The molecule has 17 heavy (non-hydrogen) atoms. The van der Waals surface area contributed by atoms with Gasteiger partial charge in [-0.1, -0.05) is 34.1 Å². The van der Waals surface area contributed by atoms with Gasteiger partial charge in [-0.3, -0.25) is 0 Å². The Morgan fingerprint density at radius 3 is 2.71 bits per heavy atom. The Kier molecular flexibility index (Phi) is 9.28. The van der Waals surface area contributed by atoms with Crippen LogP contribution in [-0.4, -0.2) is 19.1 Å². The number of hydrogen-bond donors (Lipinski definition) is 2. The summed E-state index contributed by atoms with van der Waals surface area (Å²) in [4.78, 5) is 0.